The molecule has 0 aliphatic rings. The summed E-state index contributed by atoms with van der Waals surface area (Å²) in [4.78, 5) is 0. The standard InChI is InChI=1S/C7H9NO/c1-8-6-4-3-5-7(8)9-2/h3-6H,1H2,2H3. The molecule has 2 nitrogen and oxygen atoms in total. The lowest BCUT2D eigenvalue weighted by atomic mass is 10.5. The summed E-state index contributed by atoms with van der Waals surface area (Å²) in [5.41, 5.74) is 0. The summed E-state index contributed by atoms with van der Waals surface area (Å²) in [6.45, 7) is 0. The van der Waals surface area contributed by atoms with Crippen molar-refractivity contribution >= 4 is 0 Å². The predicted molar refractivity (Wildman–Crippen MR) is 33.9 cm³/mol. The van der Waals surface area contributed by atoms with Gasteiger partial charge in [0.2, 0.25) is 0 Å². The van der Waals surface area contributed by atoms with E-state index in [1.54, 1.807) is 11.7 Å². The maximum atomic E-state index is 4.95. The van der Waals surface area contributed by atoms with Gasteiger partial charge in [0.1, 0.15) is 0 Å². The highest BCUT2D eigenvalue weighted by molar-refractivity contribution is 5.01. The summed E-state index contributed by atoms with van der Waals surface area (Å²) in [5.74, 6) is 0.762. The number of ether oxygens (including phenoxy) is 1. The molecule has 0 spiro atoms. The average Bonchev–Trinajstić information content (AvgIpc) is 1.89. The van der Waals surface area contributed by atoms with Crippen molar-refractivity contribution < 1.29 is 9.30 Å². The second-order valence-corrected chi connectivity index (χ2v) is 1.71. The Labute approximate surface area is 54.7 Å². The highest BCUT2D eigenvalue weighted by Crippen LogP contribution is 1.97. The molecule has 2 heteroatoms. The molecule has 0 fully saturated rings. The van der Waals surface area contributed by atoms with Crippen LogP contribution in [0.4, 0.5) is 0 Å². The van der Waals surface area contributed by atoms with Crippen LogP contribution in [0.1, 0.15) is 0 Å². The van der Waals surface area contributed by atoms with Gasteiger partial charge < -0.3 is 9.30 Å². The smallest absolute Gasteiger partial charge is 0.262 e. The fourth-order valence-corrected chi connectivity index (χ4v) is 0.646. The number of aromatic nitrogens is 1. The Kier molecular flexibility index (Phi) is 1.58. The maximum absolute atomic E-state index is 4.95. The van der Waals surface area contributed by atoms with Crippen LogP contribution in [0.2, 0.25) is 0 Å². The van der Waals surface area contributed by atoms with Crippen LogP contribution in [-0.2, 0) is 0 Å². The predicted octanol–water partition coefficient (Wildman–Crippen LogP) is 0.622. The molecular formula is C7H9NO. The van der Waals surface area contributed by atoms with E-state index < -0.39 is 0 Å². The Balaban J connectivity index is 3.01. The molecule has 1 aromatic rings. The zero-order valence-corrected chi connectivity index (χ0v) is 5.37. The summed E-state index contributed by atoms with van der Waals surface area (Å²) >= 11 is 0. The van der Waals surface area contributed by atoms with Crippen LogP contribution in [-0.4, -0.2) is 7.11 Å². The lowest BCUT2D eigenvalue weighted by molar-refractivity contribution is -0.619. The van der Waals surface area contributed by atoms with Crippen molar-refractivity contribution in [1.82, 2.24) is 0 Å². The zero-order valence-electron chi connectivity index (χ0n) is 5.37. The number of rotatable bonds is 1. The van der Waals surface area contributed by atoms with Crippen molar-refractivity contribution in [2.45, 2.75) is 0 Å². The van der Waals surface area contributed by atoms with E-state index in [0.29, 0.717) is 0 Å². The molecule has 0 saturated heterocycles. The highest BCUT2D eigenvalue weighted by atomic mass is 16.5. The van der Waals surface area contributed by atoms with Crippen molar-refractivity contribution in [2.75, 3.05) is 7.11 Å². The first-order valence-electron chi connectivity index (χ1n) is 2.70. The van der Waals surface area contributed by atoms with Gasteiger partial charge in [-0.3, -0.25) is 0 Å². The third-order valence-electron chi connectivity index (χ3n) is 1.11. The Morgan fingerprint density at radius 2 is 2.33 bits per heavy atom. The molecular weight excluding hydrogens is 114 g/mol. The fraction of sp³-hybridized carbons (Fsp3) is 0.143. The van der Waals surface area contributed by atoms with Gasteiger partial charge in [-0.1, -0.05) is 12.1 Å². The minimum atomic E-state index is 0.762. The van der Waals surface area contributed by atoms with Crippen molar-refractivity contribution in [3.63, 3.8) is 0 Å². The van der Waals surface area contributed by atoms with Crippen LogP contribution in [0.15, 0.2) is 24.4 Å². The van der Waals surface area contributed by atoms with Crippen LogP contribution in [0, 0.1) is 7.05 Å². The normalized spacial score (nSPS) is 9.00. The molecule has 9 heavy (non-hydrogen) atoms. The summed E-state index contributed by atoms with van der Waals surface area (Å²) in [7, 11) is 5.31. The molecule has 1 rings (SSSR count). The van der Waals surface area contributed by atoms with E-state index in [0.717, 1.165) is 5.88 Å². The SMILES string of the molecule is [CH2-][n+]1ccccc1OC. The third kappa shape index (κ3) is 1.13. The fourth-order valence-electron chi connectivity index (χ4n) is 0.646. The van der Waals surface area contributed by atoms with Crippen molar-refractivity contribution in [2.24, 2.45) is 0 Å². The molecule has 0 saturated carbocycles. The topological polar surface area (TPSA) is 13.1 Å². The second-order valence-electron chi connectivity index (χ2n) is 1.71. The number of pyridine rings is 1. The Bertz CT molecular complexity index is 198. The molecule has 0 aliphatic carbocycles. The Morgan fingerprint density at radius 3 is 2.78 bits per heavy atom. The monoisotopic (exact) mass is 123 g/mol. The van der Waals surface area contributed by atoms with E-state index in [4.69, 9.17) is 4.74 Å². The molecule has 0 bridgehead atoms. The molecule has 0 aromatic carbocycles. The molecule has 0 aliphatic heterocycles. The Hall–Kier alpha value is -1.18. The van der Waals surface area contributed by atoms with Crippen molar-refractivity contribution in [3.05, 3.63) is 31.4 Å². The van der Waals surface area contributed by atoms with Crippen molar-refractivity contribution in [3.8, 4) is 5.88 Å². The van der Waals surface area contributed by atoms with Gasteiger partial charge in [-0.25, -0.2) is 0 Å². The molecule has 0 N–H and O–H groups in total. The minimum absolute atomic E-state index is 0.762. The number of nitrogens with zero attached hydrogens (tertiary/aromatic N) is 1. The van der Waals surface area contributed by atoms with Crippen LogP contribution < -0.4 is 9.30 Å². The van der Waals surface area contributed by atoms with Crippen LogP contribution >= 0.6 is 0 Å². The van der Waals surface area contributed by atoms with Gasteiger partial charge in [0, 0.05) is 7.05 Å². The minimum Gasteiger partial charge on any atom is -0.505 e. The summed E-state index contributed by atoms with van der Waals surface area (Å²) in [6.07, 6.45) is 1.83. The van der Waals surface area contributed by atoms with E-state index in [9.17, 15) is 0 Å². The summed E-state index contributed by atoms with van der Waals surface area (Å²) in [5, 5.41) is 0. The second kappa shape index (κ2) is 2.40. The number of methoxy groups -OCH3 is 1. The largest absolute Gasteiger partial charge is 0.505 e. The van der Waals surface area contributed by atoms with Gasteiger partial charge in [-0.15, -0.1) is 0 Å². The zero-order chi connectivity index (χ0) is 6.69. The van der Waals surface area contributed by atoms with Gasteiger partial charge in [0.05, 0.1) is 13.3 Å². The van der Waals surface area contributed by atoms with Crippen LogP contribution in [0.3, 0.4) is 0 Å². The molecule has 48 valence electrons. The van der Waals surface area contributed by atoms with Gasteiger partial charge in [0.15, 0.2) is 0 Å². The molecule has 0 unspecified atom stereocenters. The summed E-state index contributed by atoms with van der Waals surface area (Å²) in [6, 6.07) is 5.66. The quantitative estimate of drug-likeness (QED) is 0.394. The Morgan fingerprint density at radius 1 is 1.56 bits per heavy atom. The molecule has 0 atom stereocenters. The van der Waals surface area contributed by atoms with Gasteiger partial charge in [-0.05, 0) is 6.07 Å². The first-order valence-corrected chi connectivity index (χ1v) is 2.70. The van der Waals surface area contributed by atoms with Crippen LogP contribution in [0.25, 0.3) is 0 Å². The van der Waals surface area contributed by atoms with Gasteiger partial charge in [0.25, 0.3) is 5.88 Å². The van der Waals surface area contributed by atoms with E-state index in [1.165, 1.54) is 0 Å². The van der Waals surface area contributed by atoms with Crippen molar-refractivity contribution in [1.29, 1.82) is 0 Å². The molecule has 1 heterocycles. The van der Waals surface area contributed by atoms with Crippen LogP contribution in [0.5, 0.6) is 5.88 Å². The number of hydrogen-bond acceptors (Lipinski definition) is 1. The van der Waals surface area contributed by atoms with Gasteiger partial charge >= 0.3 is 0 Å². The highest BCUT2D eigenvalue weighted by Gasteiger charge is 1.90. The van der Waals surface area contributed by atoms with E-state index in [1.807, 2.05) is 24.4 Å². The van der Waals surface area contributed by atoms with E-state index in [2.05, 4.69) is 7.05 Å². The first-order chi connectivity index (χ1) is 4.34. The first kappa shape index (κ1) is 5.95. The average molecular weight is 123 g/mol. The molecule has 0 radical (unpaired) electrons. The lowest BCUT2D eigenvalue weighted by Crippen LogP contribution is -2.26. The summed E-state index contributed by atoms with van der Waals surface area (Å²) < 4.78 is 6.61. The third-order valence-corrected chi connectivity index (χ3v) is 1.11. The molecule has 1 aromatic heterocycles. The van der Waals surface area contributed by atoms with E-state index in [-0.39, 0.29) is 0 Å². The van der Waals surface area contributed by atoms with Gasteiger partial charge in [-0.2, -0.15) is 0 Å². The lowest BCUT2D eigenvalue weighted by Gasteiger charge is -2.02. The maximum Gasteiger partial charge on any atom is 0.262 e. The number of hydrogen-bond donors (Lipinski definition) is 0. The van der Waals surface area contributed by atoms with E-state index >= 15 is 0 Å². The molecule has 0 amide bonds.